The molecule has 0 saturated heterocycles. The molecule has 1 amide bonds. The second-order valence-electron chi connectivity index (χ2n) is 5.73. The van der Waals surface area contributed by atoms with Crippen LogP contribution in [-0.2, 0) is 0 Å². The molecule has 0 fully saturated rings. The van der Waals surface area contributed by atoms with Crippen molar-refractivity contribution < 1.29 is 14.9 Å². The number of nitro groups is 1. The zero-order valence-electron chi connectivity index (χ0n) is 14.2. The second kappa shape index (κ2) is 8.07. The molecule has 0 radical (unpaired) electrons. The summed E-state index contributed by atoms with van der Waals surface area (Å²) in [5, 5.41) is 21.7. The number of carbonyl (C=O) groups excluding carboxylic acids is 1. The Morgan fingerprint density at radius 3 is 2.04 bits per heavy atom. The zero-order chi connectivity index (χ0) is 19.2. The number of rotatable bonds is 5. The Balaban J connectivity index is 1.78. The molecule has 0 heterocycles. The molecule has 0 saturated carbocycles. The van der Waals surface area contributed by atoms with Gasteiger partial charge in [-0.15, -0.1) is 0 Å². The topological polar surface area (TPSA) is 83.7 Å². The number of carbonyl (C=O) groups is 1. The van der Waals surface area contributed by atoms with Crippen LogP contribution in [-0.4, -0.2) is 16.0 Å². The van der Waals surface area contributed by atoms with Crippen LogP contribution >= 0.6 is 0 Å². The highest BCUT2D eigenvalue weighted by molar-refractivity contribution is 6.07. The lowest BCUT2D eigenvalue weighted by molar-refractivity contribution is -0.385. The number of nitrogens with zero attached hydrogens (tertiary/aromatic N) is 2. The summed E-state index contributed by atoms with van der Waals surface area (Å²) in [6.45, 7) is 0. The van der Waals surface area contributed by atoms with E-state index in [1.807, 2.05) is 42.5 Å². The number of hydrogen-bond acceptors (Lipinski definition) is 4. The molecule has 6 nitrogen and oxygen atoms in total. The molecule has 6 heteroatoms. The van der Waals surface area contributed by atoms with Crippen LogP contribution in [0.5, 0.6) is 0 Å². The summed E-state index contributed by atoms with van der Waals surface area (Å²) in [6, 6.07) is 21.9. The van der Waals surface area contributed by atoms with Crippen molar-refractivity contribution in [2.75, 3.05) is 5.06 Å². The lowest BCUT2D eigenvalue weighted by Gasteiger charge is -2.15. The van der Waals surface area contributed by atoms with E-state index in [1.165, 1.54) is 24.3 Å². The third kappa shape index (κ3) is 4.26. The van der Waals surface area contributed by atoms with Crippen molar-refractivity contribution in [3.8, 4) is 0 Å². The molecule has 3 rings (SSSR count). The highest BCUT2D eigenvalue weighted by atomic mass is 16.6. The van der Waals surface area contributed by atoms with Crippen LogP contribution < -0.4 is 5.06 Å². The van der Waals surface area contributed by atoms with E-state index in [0.717, 1.165) is 11.1 Å². The van der Waals surface area contributed by atoms with Gasteiger partial charge in [0.25, 0.3) is 11.6 Å². The molecule has 3 aromatic rings. The number of hydrogen-bond donors (Lipinski definition) is 1. The van der Waals surface area contributed by atoms with Crippen LogP contribution in [0.2, 0.25) is 0 Å². The number of nitro benzene ring substituents is 1. The predicted octanol–water partition coefficient (Wildman–Crippen LogP) is 4.80. The Morgan fingerprint density at radius 2 is 1.41 bits per heavy atom. The number of hydroxylamine groups is 1. The molecule has 3 aromatic carbocycles. The standard InChI is InChI=1S/C21H16N2O4/c24-21(19-8-4-5-9-20(19)23(26)27)22(25)18-14-12-17(13-15-18)11-10-16-6-2-1-3-7-16/h1-15,25H. The molecular formula is C21H16N2O4. The third-order valence-electron chi connectivity index (χ3n) is 3.93. The third-order valence-corrected chi connectivity index (χ3v) is 3.93. The molecule has 0 unspecified atom stereocenters. The first kappa shape index (κ1) is 18.0. The molecule has 0 aliphatic carbocycles. The van der Waals surface area contributed by atoms with Gasteiger partial charge in [-0.05, 0) is 29.3 Å². The SMILES string of the molecule is O=C(c1ccccc1[N+](=O)[O-])N(O)c1ccc(C=Cc2ccccc2)cc1. The van der Waals surface area contributed by atoms with Crippen molar-refractivity contribution in [3.05, 3.63) is 106 Å². The van der Waals surface area contributed by atoms with Crippen LogP contribution in [0.1, 0.15) is 21.5 Å². The molecule has 0 aliphatic rings. The van der Waals surface area contributed by atoms with Crippen molar-refractivity contribution in [2.45, 2.75) is 0 Å². The summed E-state index contributed by atoms with van der Waals surface area (Å²) in [7, 11) is 0. The summed E-state index contributed by atoms with van der Waals surface area (Å²) in [6.07, 6.45) is 3.86. The lowest BCUT2D eigenvalue weighted by atomic mass is 10.1. The van der Waals surface area contributed by atoms with Crippen molar-refractivity contribution in [2.24, 2.45) is 0 Å². The van der Waals surface area contributed by atoms with Crippen LogP contribution in [0, 0.1) is 10.1 Å². The summed E-state index contributed by atoms with van der Waals surface area (Å²) >= 11 is 0. The van der Waals surface area contributed by atoms with Gasteiger partial charge in [0, 0.05) is 6.07 Å². The molecule has 0 bridgehead atoms. The minimum Gasteiger partial charge on any atom is -0.281 e. The zero-order valence-corrected chi connectivity index (χ0v) is 14.2. The van der Waals surface area contributed by atoms with Crippen molar-refractivity contribution >= 4 is 29.4 Å². The average Bonchev–Trinajstić information content (AvgIpc) is 2.72. The maximum absolute atomic E-state index is 12.4. The monoisotopic (exact) mass is 360 g/mol. The molecule has 0 atom stereocenters. The molecule has 0 aromatic heterocycles. The predicted molar refractivity (Wildman–Crippen MR) is 104 cm³/mol. The Kier molecular flexibility index (Phi) is 5.39. The normalized spacial score (nSPS) is 10.7. The minimum atomic E-state index is -0.866. The van der Waals surface area contributed by atoms with Crippen molar-refractivity contribution in [1.29, 1.82) is 0 Å². The quantitative estimate of drug-likeness (QED) is 0.306. The number of anilines is 1. The highest BCUT2D eigenvalue weighted by Crippen LogP contribution is 2.23. The Hall–Kier alpha value is -3.77. The fourth-order valence-corrected chi connectivity index (χ4v) is 2.53. The van der Waals surface area contributed by atoms with Crippen molar-refractivity contribution in [1.82, 2.24) is 0 Å². The van der Waals surface area contributed by atoms with E-state index >= 15 is 0 Å². The Labute approximate surface area is 155 Å². The summed E-state index contributed by atoms with van der Waals surface area (Å²) in [4.78, 5) is 22.8. The highest BCUT2D eigenvalue weighted by Gasteiger charge is 2.24. The first-order chi connectivity index (χ1) is 13.1. The van der Waals surface area contributed by atoms with E-state index in [2.05, 4.69) is 0 Å². The van der Waals surface area contributed by atoms with Gasteiger partial charge in [0.1, 0.15) is 5.56 Å². The number of para-hydroxylation sites is 1. The molecular weight excluding hydrogens is 344 g/mol. The molecule has 27 heavy (non-hydrogen) atoms. The Morgan fingerprint density at radius 1 is 0.852 bits per heavy atom. The first-order valence-electron chi connectivity index (χ1n) is 8.16. The summed E-state index contributed by atoms with van der Waals surface area (Å²) in [5.41, 5.74) is 1.61. The van der Waals surface area contributed by atoms with E-state index in [9.17, 15) is 20.1 Å². The summed E-state index contributed by atoms with van der Waals surface area (Å²) < 4.78 is 0. The van der Waals surface area contributed by atoms with Crippen molar-refractivity contribution in [3.63, 3.8) is 0 Å². The van der Waals surface area contributed by atoms with Crippen LogP contribution in [0.3, 0.4) is 0 Å². The Bertz CT molecular complexity index is 983. The second-order valence-corrected chi connectivity index (χ2v) is 5.73. The first-order valence-corrected chi connectivity index (χ1v) is 8.16. The number of amides is 1. The van der Waals surface area contributed by atoms with Crippen LogP contribution in [0.15, 0.2) is 78.9 Å². The fourth-order valence-electron chi connectivity index (χ4n) is 2.53. The van der Waals surface area contributed by atoms with Gasteiger partial charge in [-0.25, -0.2) is 0 Å². The van der Waals surface area contributed by atoms with Gasteiger partial charge in [-0.2, -0.15) is 5.06 Å². The smallest absolute Gasteiger partial charge is 0.281 e. The van der Waals surface area contributed by atoms with Crippen LogP contribution in [0.25, 0.3) is 12.2 Å². The van der Waals surface area contributed by atoms with E-state index in [0.29, 0.717) is 5.06 Å². The van der Waals surface area contributed by atoms with Crippen LogP contribution in [0.4, 0.5) is 11.4 Å². The van der Waals surface area contributed by atoms with Gasteiger partial charge < -0.3 is 0 Å². The largest absolute Gasteiger partial charge is 0.288 e. The van der Waals surface area contributed by atoms with Gasteiger partial charge in [-0.3, -0.25) is 20.1 Å². The molecule has 0 spiro atoms. The van der Waals surface area contributed by atoms with E-state index in [-0.39, 0.29) is 16.9 Å². The average molecular weight is 360 g/mol. The van der Waals surface area contributed by atoms with Gasteiger partial charge in [-0.1, -0.05) is 66.7 Å². The molecule has 134 valence electrons. The minimum absolute atomic E-state index is 0.182. The van der Waals surface area contributed by atoms with Gasteiger partial charge in [0.05, 0.1) is 10.6 Å². The summed E-state index contributed by atoms with van der Waals surface area (Å²) in [5.74, 6) is -0.866. The van der Waals surface area contributed by atoms with E-state index in [1.54, 1.807) is 24.3 Å². The number of benzene rings is 3. The molecule has 0 aliphatic heterocycles. The van der Waals surface area contributed by atoms with Gasteiger partial charge in [0.15, 0.2) is 0 Å². The lowest BCUT2D eigenvalue weighted by Crippen LogP contribution is -2.27. The van der Waals surface area contributed by atoms with E-state index in [4.69, 9.17) is 0 Å². The fraction of sp³-hybridized carbons (Fsp3) is 0. The van der Waals surface area contributed by atoms with Gasteiger partial charge in [0.2, 0.25) is 0 Å². The van der Waals surface area contributed by atoms with Gasteiger partial charge >= 0.3 is 0 Å². The van der Waals surface area contributed by atoms with E-state index < -0.39 is 10.8 Å². The maximum Gasteiger partial charge on any atom is 0.288 e. The maximum atomic E-state index is 12.4. The molecule has 1 N–H and O–H groups in total.